The minimum atomic E-state index is -0.892. The van der Waals surface area contributed by atoms with E-state index in [-0.39, 0.29) is 5.60 Å². The van der Waals surface area contributed by atoms with Crippen LogP contribution >= 0.6 is 0 Å². The van der Waals surface area contributed by atoms with E-state index in [0.29, 0.717) is 5.92 Å². The lowest BCUT2D eigenvalue weighted by molar-refractivity contribution is -0.131. The molecule has 0 aliphatic carbocycles. The summed E-state index contributed by atoms with van der Waals surface area (Å²) in [4.78, 5) is 10.4. The van der Waals surface area contributed by atoms with E-state index in [4.69, 9.17) is 9.84 Å². The first-order valence-electron chi connectivity index (χ1n) is 6.90. The van der Waals surface area contributed by atoms with E-state index in [2.05, 4.69) is 26.8 Å². The van der Waals surface area contributed by atoms with Gasteiger partial charge in [0.2, 0.25) is 0 Å². The van der Waals surface area contributed by atoms with Crippen molar-refractivity contribution in [2.75, 3.05) is 7.11 Å². The van der Waals surface area contributed by atoms with E-state index in [9.17, 15) is 4.79 Å². The normalized spacial score (nSPS) is 14.9. The van der Waals surface area contributed by atoms with E-state index < -0.39 is 5.97 Å². The molecule has 0 aliphatic rings. The SMILES string of the molecule is COC(C)(C)CCC[C@@H](C)C/C=C/C(C)=C\C(=O)O. The molecule has 1 atom stereocenters. The minimum Gasteiger partial charge on any atom is -0.478 e. The van der Waals surface area contributed by atoms with Crippen LogP contribution in [0, 0.1) is 5.92 Å². The fourth-order valence-corrected chi connectivity index (χ4v) is 1.83. The molecule has 0 saturated carbocycles. The molecule has 0 aromatic carbocycles. The molecule has 0 saturated heterocycles. The molecular formula is C16H28O3. The van der Waals surface area contributed by atoms with Gasteiger partial charge in [-0.2, -0.15) is 0 Å². The molecule has 0 aliphatic heterocycles. The van der Waals surface area contributed by atoms with Crippen LogP contribution in [0.4, 0.5) is 0 Å². The molecule has 0 aromatic heterocycles. The molecule has 0 spiro atoms. The van der Waals surface area contributed by atoms with Gasteiger partial charge in [0, 0.05) is 13.2 Å². The summed E-state index contributed by atoms with van der Waals surface area (Å²) in [5.74, 6) is -0.279. The predicted octanol–water partition coefficient (Wildman–Crippen LogP) is 4.20. The zero-order chi connectivity index (χ0) is 14.9. The average Bonchev–Trinajstić information content (AvgIpc) is 2.27. The van der Waals surface area contributed by atoms with Gasteiger partial charge >= 0.3 is 5.97 Å². The third-order valence-electron chi connectivity index (χ3n) is 3.30. The molecule has 0 bridgehead atoms. The number of ether oxygens (including phenoxy) is 1. The minimum absolute atomic E-state index is 0.0314. The summed E-state index contributed by atoms with van der Waals surface area (Å²) in [5, 5.41) is 8.59. The lowest BCUT2D eigenvalue weighted by atomic mass is 9.95. The van der Waals surface area contributed by atoms with Crippen molar-refractivity contribution in [3.05, 3.63) is 23.8 Å². The number of rotatable bonds is 9. The van der Waals surface area contributed by atoms with Crippen LogP contribution in [0.25, 0.3) is 0 Å². The van der Waals surface area contributed by atoms with Crippen molar-refractivity contribution < 1.29 is 14.6 Å². The van der Waals surface area contributed by atoms with E-state index >= 15 is 0 Å². The molecule has 0 aromatic rings. The predicted molar refractivity (Wildman–Crippen MR) is 79.3 cm³/mol. The molecule has 3 heteroatoms. The van der Waals surface area contributed by atoms with Crippen LogP contribution in [0.5, 0.6) is 0 Å². The fraction of sp³-hybridized carbons (Fsp3) is 0.688. The van der Waals surface area contributed by atoms with Crippen molar-refractivity contribution in [2.24, 2.45) is 5.92 Å². The van der Waals surface area contributed by atoms with Crippen molar-refractivity contribution >= 4 is 5.97 Å². The number of hydrogen-bond acceptors (Lipinski definition) is 2. The molecule has 110 valence electrons. The van der Waals surface area contributed by atoms with Crippen LogP contribution < -0.4 is 0 Å². The quantitative estimate of drug-likeness (QED) is 0.503. The first-order valence-corrected chi connectivity index (χ1v) is 6.90. The second kappa shape index (κ2) is 8.92. The van der Waals surface area contributed by atoms with E-state index in [1.165, 1.54) is 12.5 Å². The summed E-state index contributed by atoms with van der Waals surface area (Å²) in [6.45, 7) is 8.24. The standard InChI is InChI=1S/C16H28O3/c1-13(10-7-11-16(3,4)19-5)8-6-9-14(2)12-15(17)18/h6,9,12-13H,7-8,10-11H2,1-5H3,(H,17,18)/b9-6+,14-12-/t13-/m0/s1. The largest absolute Gasteiger partial charge is 0.478 e. The third kappa shape index (κ3) is 10.5. The highest BCUT2D eigenvalue weighted by Crippen LogP contribution is 2.20. The smallest absolute Gasteiger partial charge is 0.328 e. The van der Waals surface area contributed by atoms with Gasteiger partial charge in [-0.25, -0.2) is 4.79 Å². The molecule has 19 heavy (non-hydrogen) atoms. The molecule has 0 unspecified atom stereocenters. The Morgan fingerprint density at radius 2 is 2.05 bits per heavy atom. The number of methoxy groups -OCH3 is 1. The summed E-state index contributed by atoms with van der Waals surface area (Å²) >= 11 is 0. The van der Waals surface area contributed by atoms with Crippen LogP contribution in [-0.4, -0.2) is 23.8 Å². The third-order valence-corrected chi connectivity index (χ3v) is 3.30. The summed E-state index contributed by atoms with van der Waals surface area (Å²) < 4.78 is 5.39. The van der Waals surface area contributed by atoms with Gasteiger partial charge in [0.15, 0.2) is 0 Å². The highest BCUT2D eigenvalue weighted by molar-refractivity contribution is 5.81. The molecule has 0 radical (unpaired) electrons. The van der Waals surface area contributed by atoms with E-state index in [1.54, 1.807) is 14.0 Å². The van der Waals surface area contributed by atoms with Gasteiger partial charge < -0.3 is 9.84 Å². The van der Waals surface area contributed by atoms with E-state index in [1.807, 2.05) is 6.08 Å². The Kier molecular flexibility index (Phi) is 8.41. The first kappa shape index (κ1) is 17.9. The maximum atomic E-state index is 10.4. The van der Waals surface area contributed by atoms with Crippen LogP contribution in [-0.2, 0) is 9.53 Å². The van der Waals surface area contributed by atoms with Gasteiger partial charge in [-0.05, 0) is 45.1 Å². The number of carbonyl (C=O) groups is 1. The molecule has 0 rings (SSSR count). The Bertz CT molecular complexity index is 327. The van der Waals surface area contributed by atoms with Crippen LogP contribution in [0.2, 0.25) is 0 Å². The van der Waals surface area contributed by atoms with Crippen LogP contribution in [0.15, 0.2) is 23.8 Å². The molecule has 1 N–H and O–H groups in total. The van der Waals surface area contributed by atoms with Gasteiger partial charge in [0.1, 0.15) is 0 Å². The van der Waals surface area contributed by atoms with E-state index in [0.717, 1.165) is 24.8 Å². The Morgan fingerprint density at radius 3 is 2.58 bits per heavy atom. The number of hydrogen-bond donors (Lipinski definition) is 1. The zero-order valence-corrected chi connectivity index (χ0v) is 12.9. The Labute approximate surface area is 117 Å². The number of carboxylic acid groups (broad SMARTS) is 1. The van der Waals surface area contributed by atoms with Crippen molar-refractivity contribution in [1.82, 2.24) is 0 Å². The topological polar surface area (TPSA) is 46.5 Å². The zero-order valence-electron chi connectivity index (χ0n) is 12.9. The molecular weight excluding hydrogens is 240 g/mol. The van der Waals surface area contributed by atoms with Gasteiger partial charge in [-0.15, -0.1) is 0 Å². The van der Waals surface area contributed by atoms with Gasteiger partial charge in [0.05, 0.1) is 5.60 Å². The Balaban J connectivity index is 3.91. The highest BCUT2D eigenvalue weighted by atomic mass is 16.5. The number of carboxylic acids is 1. The first-order chi connectivity index (χ1) is 8.76. The second-order valence-electron chi connectivity index (χ2n) is 5.83. The van der Waals surface area contributed by atoms with Crippen molar-refractivity contribution in [3.63, 3.8) is 0 Å². The lowest BCUT2D eigenvalue weighted by Gasteiger charge is -2.23. The van der Waals surface area contributed by atoms with Crippen LogP contribution in [0.1, 0.15) is 53.4 Å². The second-order valence-corrected chi connectivity index (χ2v) is 5.83. The monoisotopic (exact) mass is 268 g/mol. The molecule has 3 nitrogen and oxygen atoms in total. The molecule has 0 amide bonds. The lowest BCUT2D eigenvalue weighted by Crippen LogP contribution is -2.22. The average molecular weight is 268 g/mol. The van der Waals surface area contributed by atoms with Crippen molar-refractivity contribution in [2.45, 2.75) is 59.0 Å². The van der Waals surface area contributed by atoms with Crippen molar-refractivity contribution in [3.8, 4) is 0 Å². The fourth-order valence-electron chi connectivity index (χ4n) is 1.83. The summed E-state index contributed by atoms with van der Waals surface area (Å²) in [6, 6.07) is 0. The number of aliphatic carboxylic acids is 1. The highest BCUT2D eigenvalue weighted by Gasteiger charge is 2.15. The van der Waals surface area contributed by atoms with Gasteiger partial charge in [0.25, 0.3) is 0 Å². The Hall–Kier alpha value is -1.09. The summed E-state index contributed by atoms with van der Waals surface area (Å²) in [5.41, 5.74) is 0.747. The molecule has 0 heterocycles. The summed E-state index contributed by atoms with van der Waals surface area (Å²) in [6.07, 6.45) is 9.53. The molecule has 0 fully saturated rings. The van der Waals surface area contributed by atoms with Crippen LogP contribution in [0.3, 0.4) is 0 Å². The Morgan fingerprint density at radius 1 is 1.42 bits per heavy atom. The van der Waals surface area contributed by atoms with Gasteiger partial charge in [-0.3, -0.25) is 0 Å². The van der Waals surface area contributed by atoms with Gasteiger partial charge in [-0.1, -0.05) is 31.9 Å². The summed E-state index contributed by atoms with van der Waals surface area (Å²) in [7, 11) is 1.75. The number of allylic oxidation sites excluding steroid dienone is 3. The maximum Gasteiger partial charge on any atom is 0.328 e. The van der Waals surface area contributed by atoms with Crippen molar-refractivity contribution in [1.29, 1.82) is 0 Å². The maximum absolute atomic E-state index is 10.4.